The van der Waals surface area contributed by atoms with Crippen molar-refractivity contribution in [3.63, 3.8) is 0 Å². The number of aromatic nitrogens is 2. The highest BCUT2D eigenvalue weighted by molar-refractivity contribution is 9.10. The van der Waals surface area contributed by atoms with Crippen LogP contribution in [0.3, 0.4) is 0 Å². The van der Waals surface area contributed by atoms with E-state index in [4.69, 9.17) is 16.3 Å². The number of ether oxygens (including phenoxy) is 1. The standard InChI is InChI=1S/C11H8BrClN2O2/c1-6(16)17-5-8-3-2-7-4-14-11(13)15-10(7)9(8)12/h2-4H,5H2,1H3. The van der Waals surface area contributed by atoms with Gasteiger partial charge in [0.2, 0.25) is 5.28 Å². The van der Waals surface area contributed by atoms with Crippen LogP contribution in [0.15, 0.2) is 22.8 Å². The molecule has 0 fully saturated rings. The van der Waals surface area contributed by atoms with Gasteiger partial charge in [-0.3, -0.25) is 4.79 Å². The molecular formula is C11H8BrClN2O2. The summed E-state index contributed by atoms with van der Waals surface area (Å²) in [6.45, 7) is 1.57. The molecule has 88 valence electrons. The van der Waals surface area contributed by atoms with Crippen LogP contribution in [0.2, 0.25) is 5.28 Å². The molecule has 0 amide bonds. The highest BCUT2D eigenvalue weighted by Crippen LogP contribution is 2.27. The van der Waals surface area contributed by atoms with Crippen molar-refractivity contribution < 1.29 is 9.53 Å². The Morgan fingerprint density at radius 1 is 1.53 bits per heavy atom. The summed E-state index contributed by atoms with van der Waals surface area (Å²) in [5, 5.41) is 1.05. The highest BCUT2D eigenvalue weighted by Gasteiger charge is 2.08. The number of halogens is 2. The van der Waals surface area contributed by atoms with E-state index in [1.165, 1.54) is 6.92 Å². The third kappa shape index (κ3) is 2.73. The van der Waals surface area contributed by atoms with Crippen molar-refractivity contribution in [2.24, 2.45) is 0 Å². The number of carbonyl (C=O) groups is 1. The Labute approximate surface area is 111 Å². The molecule has 0 unspecified atom stereocenters. The Morgan fingerprint density at radius 2 is 2.29 bits per heavy atom. The monoisotopic (exact) mass is 314 g/mol. The van der Waals surface area contributed by atoms with Crippen LogP contribution in [0.25, 0.3) is 10.9 Å². The van der Waals surface area contributed by atoms with E-state index in [1.54, 1.807) is 6.20 Å². The number of hydrogen-bond acceptors (Lipinski definition) is 4. The zero-order valence-corrected chi connectivity index (χ0v) is 11.2. The summed E-state index contributed by atoms with van der Waals surface area (Å²) < 4.78 is 5.71. The van der Waals surface area contributed by atoms with Crippen LogP contribution in [-0.2, 0) is 16.1 Å². The van der Waals surface area contributed by atoms with Crippen molar-refractivity contribution >= 4 is 44.4 Å². The van der Waals surface area contributed by atoms with Crippen molar-refractivity contribution in [1.29, 1.82) is 0 Å². The van der Waals surface area contributed by atoms with Gasteiger partial charge in [-0.05, 0) is 27.5 Å². The maximum Gasteiger partial charge on any atom is 0.302 e. The Hall–Kier alpha value is -1.20. The molecular weight excluding hydrogens is 307 g/mol. The first-order valence-electron chi connectivity index (χ1n) is 4.81. The Balaban J connectivity index is 2.45. The third-order valence-electron chi connectivity index (χ3n) is 2.17. The largest absolute Gasteiger partial charge is 0.461 e. The average Bonchev–Trinajstić information content (AvgIpc) is 2.29. The first-order valence-corrected chi connectivity index (χ1v) is 5.98. The van der Waals surface area contributed by atoms with Crippen molar-refractivity contribution in [3.8, 4) is 0 Å². The van der Waals surface area contributed by atoms with Crippen molar-refractivity contribution in [2.45, 2.75) is 13.5 Å². The topological polar surface area (TPSA) is 52.1 Å². The van der Waals surface area contributed by atoms with E-state index in [1.807, 2.05) is 12.1 Å². The maximum absolute atomic E-state index is 10.8. The smallest absolute Gasteiger partial charge is 0.302 e. The minimum atomic E-state index is -0.322. The van der Waals surface area contributed by atoms with Crippen molar-refractivity contribution in [3.05, 3.63) is 33.6 Å². The van der Waals surface area contributed by atoms with E-state index >= 15 is 0 Å². The van der Waals surface area contributed by atoms with Crippen LogP contribution in [0.4, 0.5) is 0 Å². The zero-order chi connectivity index (χ0) is 12.4. The van der Waals surface area contributed by atoms with E-state index in [2.05, 4.69) is 25.9 Å². The molecule has 4 nitrogen and oxygen atoms in total. The minimum absolute atomic E-state index is 0.183. The summed E-state index contributed by atoms with van der Waals surface area (Å²) in [5.41, 5.74) is 1.54. The lowest BCUT2D eigenvalue weighted by Gasteiger charge is -2.07. The predicted octanol–water partition coefficient (Wildman–Crippen LogP) is 3.11. The van der Waals surface area contributed by atoms with Gasteiger partial charge in [-0.2, -0.15) is 0 Å². The molecule has 0 aliphatic heterocycles. The Bertz CT molecular complexity index is 589. The van der Waals surface area contributed by atoms with Crippen LogP contribution in [0.5, 0.6) is 0 Å². The van der Waals surface area contributed by atoms with Gasteiger partial charge in [-0.15, -0.1) is 0 Å². The van der Waals surface area contributed by atoms with E-state index < -0.39 is 0 Å². The number of esters is 1. The lowest BCUT2D eigenvalue weighted by Crippen LogP contribution is -2.00. The molecule has 1 heterocycles. The van der Waals surface area contributed by atoms with Crippen LogP contribution >= 0.6 is 27.5 Å². The molecule has 0 aliphatic rings. The summed E-state index contributed by atoms with van der Waals surface area (Å²) in [4.78, 5) is 18.8. The molecule has 17 heavy (non-hydrogen) atoms. The van der Waals surface area contributed by atoms with E-state index in [-0.39, 0.29) is 17.9 Å². The molecule has 1 aromatic carbocycles. The summed E-state index contributed by atoms with van der Waals surface area (Å²) in [6.07, 6.45) is 1.64. The number of nitrogens with zero attached hydrogens (tertiary/aromatic N) is 2. The summed E-state index contributed by atoms with van der Waals surface area (Å²) in [6, 6.07) is 3.71. The zero-order valence-electron chi connectivity index (χ0n) is 8.91. The first kappa shape index (κ1) is 12.3. The SMILES string of the molecule is CC(=O)OCc1ccc2cnc(Cl)nc2c1Br. The molecule has 0 spiro atoms. The first-order chi connectivity index (χ1) is 8.08. The Kier molecular flexibility index (Phi) is 3.59. The summed E-state index contributed by atoms with van der Waals surface area (Å²) in [7, 11) is 0. The van der Waals surface area contributed by atoms with Crippen LogP contribution in [0, 0.1) is 0 Å². The van der Waals surface area contributed by atoms with Crippen molar-refractivity contribution in [2.75, 3.05) is 0 Å². The lowest BCUT2D eigenvalue weighted by atomic mass is 10.1. The molecule has 2 aromatic rings. The van der Waals surface area contributed by atoms with Crippen LogP contribution in [0.1, 0.15) is 12.5 Å². The molecule has 0 radical (unpaired) electrons. The van der Waals surface area contributed by atoms with E-state index in [0.29, 0.717) is 5.52 Å². The maximum atomic E-state index is 10.8. The van der Waals surface area contributed by atoms with Gasteiger partial charge in [-0.25, -0.2) is 9.97 Å². The second-order valence-electron chi connectivity index (χ2n) is 3.40. The second-order valence-corrected chi connectivity index (χ2v) is 4.53. The number of hydrogen-bond donors (Lipinski definition) is 0. The molecule has 0 atom stereocenters. The van der Waals surface area contributed by atoms with Crippen LogP contribution < -0.4 is 0 Å². The molecule has 0 N–H and O–H groups in total. The van der Waals surface area contributed by atoms with Gasteiger partial charge in [0.15, 0.2) is 0 Å². The molecule has 0 saturated heterocycles. The summed E-state index contributed by atoms with van der Waals surface area (Å²) >= 11 is 9.17. The van der Waals surface area contributed by atoms with Gasteiger partial charge in [0.1, 0.15) is 6.61 Å². The lowest BCUT2D eigenvalue weighted by molar-refractivity contribution is -0.142. The van der Waals surface area contributed by atoms with Gasteiger partial charge in [0.05, 0.1) is 9.99 Å². The van der Waals surface area contributed by atoms with Gasteiger partial charge in [-0.1, -0.05) is 12.1 Å². The number of fused-ring (bicyclic) bond motifs is 1. The normalized spacial score (nSPS) is 10.5. The fourth-order valence-electron chi connectivity index (χ4n) is 1.37. The van der Waals surface area contributed by atoms with Crippen molar-refractivity contribution in [1.82, 2.24) is 9.97 Å². The fraction of sp³-hybridized carbons (Fsp3) is 0.182. The Morgan fingerprint density at radius 3 is 3.00 bits per heavy atom. The molecule has 0 saturated carbocycles. The number of rotatable bonds is 2. The third-order valence-corrected chi connectivity index (χ3v) is 3.24. The minimum Gasteiger partial charge on any atom is -0.461 e. The average molecular weight is 316 g/mol. The molecule has 2 rings (SSSR count). The highest BCUT2D eigenvalue weighted by atomic mass is 79.9. The van der Waals surface area contributed by atoms with Gasteiger partial charge in [0.25, 0.3) is 0 Å². The number of carbonyl (C=O) groups excluding carboxylic acids is 1. The van der Waals surface area contributed by atoms with Gasteiger partial charge < -0.3 is 4.74 Å². The molecule has 1 aromatic heterocycles. The van der Waals surface area contributed by atoms with E-state index in [0.717, 1.165) is 15.4 Å². The van der Waals surface area contributed by atoms with E-state index in [9.17, 15) is 4.79 Å². The molecule has 0 aliphatic carbocycles. The fourth-order valence-corrected chi connectivity index (χ4v) is 2.07. The second kappa shape index (κ2) is 4.98. The van der Waals surface area contributed by atoms with Crippen LogP contribution in [-0.4, -0.2) is 15.9 Å². The molecule has 0 bridgehead atoms. The predicted molar refractivity (Wildman–Crippen MR) is 67.7 cm³/mol. The van der Waals surface area contributed by atoms with Gasteiger partial charge in [0, 0.05) is 24.1 Å². The van der Waals surface area contributed by atoms with Gasteiger partial charge >= 0.3 is 5.97 Å². The quantitative estimate of drug-likeness (QED) is 0.631. The number of benzene rings is 1. The summed E-state index contributed by atoms with van der Waals surface area (Å²) in [5.74, 6) is -0.322. The molecule has 6 heteroatoms.